The van der Waals surface area contributed by atoms with Crippen LogP contribution < -0.4 is 10.1 Å². The molecular weight excluding hydrogens is 240 g/mol. The van der Waals surface area contributed by atoms with Gasteiger partial charge in [0.15, 0.2) is 0 Å². The van der Waals surface area contributed by atoms with Crippen molar-refractivity contribution in [1.29, 1.82) is 0 Å². The minimum absolute atomic E-state index is 0.0876. The van der Waals surface area contributed by atoms with Crippen LogP contribution in [-0.2, 0) is 9.53 Å². The molecular formula is C11H14N2O5. The molecule has 0 saturated heterocycles. The Bertz CT molecular complexity index is 461. The van der Waals surface area contributed by atoms with E-state index in [2.05, 4.69) is 10.1 Å². The number of non-ortho nitro benzene ring substituents is 1. The van der Waals surface area contributed by atoms with Gasteiger partial charge in [-0.1, -0.05) is 0 Å². The molecule has 0 aliphatic rings. The number of nitrogens with one attached hydrogen (secondary N) is 1. The van der Waals surface area contributed by atoms with Crippen LogP contribution in [0.5, 0.6) is 5.75 Å². The monoisotopic (exact) mass is 254 g/mol. The molecule has 0 bridgehead atoms. The van der Waals surface area contributed by atoms with Crippen LogP contribution in [0.4, 0.5) is 11.4 Å². The fraction of sp³-hybridized carbons (Fsp3) is 0.364. The molecule has 0 heterocycles. The van der Waals surface area contributed by atoms with Gasteiger partial charge in [-0.05, 0) is 13.0 Å². The number of nitrogens with zero attached hydrogens (tertiary/aromatic N) is 1. The topological polar surface area (TPSA) is 90.7 Å². The Balaban J connectivity index is 3.01. The summed E-state index contributed by atoms with van der Waals surface area (Å²) >= 11 is 0. The third kappa shape index (κ3) is 3.09. The number of anilines is 1. The lowest BCUT2D eigenvalue weighted by Gasteiger charge is -2.15. The van der Waals surface area contributed by atoms with Crippen LogP contribution in [-0.4, -0.2) is 31.2 Å². The zero-order valence-electron chi connectivity index (χ0n) is 10.3. The van der Waals surface area contributed by atoms with E-state index in [1.165, 1.54) is 32.4 Å². The van der Waals surface area contributed by atoms with Gasteiger partial charge in [0.05, 0.1) is 24.8 Å². The number of ether oxygens (including phenoxy) is 2. The molecule has 18 heavy (non-hydrogen) atoms. The molecule has 0 spiro atoms. The third-order valence-corrected chi connectivity index (χ3v) is 2.32. The molecule has 1 aromatic carbocycles. The van der Waals surface area contributed by atoms with Crippen molar-refractivity contribution in [1.82, 2.24) is 0 Å². The van der Waals surface area contributed by atoms with Crippen molar-refractivity contribution in [2.45, 2.75) is 13.0 Å². The lowest BCUT2D eigenvalue weighted by Crippen LogP contribution is -2.27. The minimum atomic E-state index is -0.633. The van der Waals surface area contributed by atoms with Gasteiger partial charge in [-0.2, -0.15) is 0 Å². The van der Waals surface area contributed by atoms with Gasteiger partial charge in [0.2, 0.25) is 0 Å². The van der Waals surface area contributed by atoms with E-state index in [1.807, 2.05) is 0 Å². The quantitative estimate of drug-likeness (QED) is 0.487. The molecule has 1 aromatic rings. The Hall–Kier alpha value is -2.31. The molecule has 1 atom stereocenters. The minimum Gasteiger partial charge on any atom is -0.495 e. The molecule has 0 fully saturated rings. The molecule has 1 rings (SSSR count). The maximum Gasteiger partial charge on any atom is 0.327 e. The Morgan fingerprint density at radius 3 is 2.61 bits per heavy atom. The largest absolute Gasteiger partial charge is 0.495 e. The van der Waals surface area contributed by atoms with Gasteiger partial charge >= 0.3 is 5.97 Å². The summed E-state index contributed by atoms with van der Waals surface area (Å²) in [5.74, 6) is -0.0556. The van der Waals surface area contributed by atoms with Crippen LogP contribution in [0.15, 0.2) is 18.2 Å². The average Bonchev–Trinajstić information content (AvgIpc) is 2.37. The molecule has 1 unspecified atom stereocenters. The first-order chi connectivity index (χ1) is 8.49. The number of esters is 1. The highest BCUT2D eigenvalue weighted by Gasteiger charge is 2.17. The van der Waals surface area contributed by atoms with Gasteiger partial charge in [-0.25, -0.2) is 4.79 Å². The molecule has 0 aliphatic heterocycles. The highest BCUT2D eigenvalue weighted by molar-refractivity contribution is 5.79. The summed E-state index contributed by atoms with van der Waals surface area (Å²) in [5, 5.41) is 13.5. The van der Waals surface area contributed by atoms with Crippen LogP contribution in [0.1, 0.15) is 6.92 Å². The third-order valence-electron chi connectivity index (χ3n) is 2.32. The van der Waals surface area contributed by atoms with E-state index in [1.54, 1.807) is 6.92 Å². The highest BCUT2D eigenvalue weighted by Crippen LogP contribution is 2.29. The Kier molecular flexibility index (Phi) is 4.47. The van der Waals surface area contributed by atoms with Gasteiger partial charge in [0, 0.05) is 12.1 Å². The number of carbonyl (C=O) groups excluding carboxylic acids is 1. The Labute approximate surface area is 104 Å². The molecule has 7 nitrogen and oxygen atoms in total. The fourth-order valence-corrected chi connectivity index (χ4v) is 1.39. The summed E-state index contributed by atoms with van der Waals surface area (Å²) < 4.78 is 9.62. The van der Waals surface area contributed by atoms with Crippen molar-refractivity contribution < 1.29 is 19.2 Å². The number of benzene rings is 1. The molecule has 1 N–H and O–H groups in total. The summed E-state index contributed by atoms with van der Waals surface area (Å²) in [6, 6.07) is 3.46. The van der Waals surface area contributed by atoms with Crippen molar-refractivity contribution in [3.63, 3.8) is 0 Å². The average molecular weight is 254 g/mol. The lowest BCUT2D eigenvalue weighted by atomic mass is 10.2. The molecule has 0 saturated carbocycles. The molecule has 0 aromatic heterocycles. The number of hydrogen-bond donors (Lipinski definition) is 1. The van der Waals surface area contributed by atoms with E-state index in [0.717, 1.165) is 0 Å². The van der Waals surface area contributed by atoms with Crippen LogP contribution in [0.25, 0.3) is 0 Å². The second-order valence-electron chi connectivity index (χ2n) is 3.53. The van der Waals surface area contributed by atoms with Gasteiger partial charge < -0.3 is 14.8 Å². The summed E-state index contributed by atoms with van der Waals surface area (Å²) in [5.41, 5.74) is 0.278. The Morgan fingerprint density at radius 1 is 1.44 bits per heavy atom. The number of nitro groups is 1. The van der Waals surface area contributed by atoms with Gasteiger partial charge in [0.1, 0.15) is 11.8 Å². The van der Waals surface area contributed by atoms with Crippen molar-refractivity contribution in [2.24, 2.45) is 0 Å². The maximum absolute atomic E-state index is 11.3. The van der Waals surface area contributed by atoms with Crippen LogP contribution in [0.3, 0.4) is 0 Å². The second-order valence-corrected chi connectivity index (χ2v) is 3.53. The molecule has 0 aliphatic carbocycles. The number of rotatable bonds is 5. The Morgan fingerprint density at radius 2 is 2.11 bits per heavy atom. The van der Waals surface area contributed by atoms with Gasteiger partial charge in [-0.15, -0.1) is 0 Å². The standard InChI is InChI=1S/C11H14N2O5/c1-7(11(14)18-3)12-9-6-8(13(15)16)4-5-10(9)17-2/h4-7,12H,1-3H3. The van der Waals surface area contributed by atoms with Crippen LogP contribution in [0, 0.1) is 10.1 Å². The number of hydrogen-bond acceptors (Lipinski definition) is 6. The zero-order chi connectivity index (χ0) is 13.7. The fourth-order valence-electron chi connectivity index (χ4n) is 1.39. The van der Waals surface area contributed by atoms with E-state index in [4.69, 9.17) is 4.74 Å². The molecule has 0 radical (unpaired) electrons. The summed E-state index contributed by atoms with van der Waals surface area (Å²) in [6.45, 7) is 1.59. The number of methoxy groups -OCH3 is 2. The SMILES string of the molecule is COC(=O)C(C)Nc1cc([N+](=O)[O-])ccc1OC. The molecule has 0 amide bonds. The van der Waals surface area contributed by atoms with Gasteiger partial charge in [0.25, 0.3) is 5.69 Å². The highest BCUT2D eigenvalue weighted by atomic mass is 16.6. The summed E-state index contributed by atoms with van der Waals surface area (Å²) in [6.07, 6.45) is 0. The first-order valence-electron chi connectivity index (χ1n) is 5.16. The van der Waals surface area contributed by atoms with Crippen LogP contribution in [0.2, 0.25) is 0 Å². The molecule has 98 valence electrons. The van der Waals surface area contributed by atoms with E-state index >= 15 is 0 Å². The first kappa shape index (κ1) is 13.8. The summed E-state index contributed by atoms with van der Waals surface area (Å²) in [7, 11) is 2.71. The van der Waals surface area contributed by atoms with Gasteiger partial charge in [-0.3, -0.25) is 10.1 Å². The van der Waals surface area contributed by atoms with Crippen molar-refractivity contribution in [3.05, 3.63) is 28.3 Å². The summed E-state index contributed by atoms with van der Waals surface area (Å²) in [4.78, 5) is 21.4. The van der Waals surface area contributed by atoms with Crippen molar-refractivity contribution in [2.75, 3.05) is 19.5 Å². The smallest absolute Gasteiger partial charge is 0.327 e. The predicted octanol–water partition coefficient (Wildman–Crippen LogP) is 1.58. The van der Waals surface area contributed by atoms with E-state index in [-0.39, 0.29) is 5.69 Å². The van der Waals surface area contributed by atoms with E-state index in [0.29, 0.717) is 11.4 Å². The first-order valence-corrected chi connectivity index (χ1v) is 5.16. The van der Waals surface area contributed by atoms with Crippen molar-refractivity contribution in [3.8, 4) is 5.75 Å². The maximum atomic E-state index is 11.3. The van der Waals surface area contributed by atoms with Crippen LogP contribution >= 0.6 is 0 Å². The normalized spacial score (nSPS) is 11.5. The number of carbonyl (C=O) groups is 1. The molecule has 7 heteroatoms. The van der Waals surface area contributed by atoms with E-state index in [9.17, 15) is 14.9 Å². The second kappa shape index (κ2) is 5.85. The number of nitro benzene ring substituents is 1. The zero-order valence-corrected chi connectivity index (χ0v) is 10.3. The predicted molar refractivity (Wildman–Crippen MR) is 64.7 cm³/mol. The van der Waals surface area contributed by atoms with E-state index < -0.39 is 16.9 Å². The lowest BCUT2D eigenvalue weighted by molar-refractivity contribution is -0.384. The van der Waals surface area contributed by atoms with Crippen molar-refractivity contribution >= 4 is 17.3 Å².